The lowest BCUT2D eigenvalue weighted by Gasteiger charge is -2.22. The van der Waals surface area contributed by atoms with Gasteiger partial charge in [0.05, 0.1) is 12.1 Å². The minimum atomic E-state index is -0.141. The van der Waals surface area contributed by atoms with Crippen LogP contribution < -0.4 is 10.6 Å². The Hall–Kier alpha value is -3.20. The van der Waals surface area contributed by atoms with Crippen molar-refractivity contribution in [1.29, 1.82) is 0 Å². The summed E-state index contributed by atoms with van der Waals surface area (Å²) in [4.78, 5) is 24.9. The standard InChI is InChI=1S/C22H26N6O3/c1-12-19(27-20(24-12)21(29)23-11-14-5-7-30-8-6-14)15-3-4-17-16(9-15)10-18(26-17)22-25-13(2)28-31-22/h3-4,9-10,12,14,19,26H,5-8,11H2,1-2H3,(H,23,29)(H,24,27). The fourth-order valence-electron chi connectivity index (χ4n) is 4.20. The number of carbonyl (C=O) groups excluding carboxylic acids is 1. The normalized spacial score (nSPS) is 21.8. The van der Waals surface area contributed by atoms with Gasteiger partial charge in [0.25, 0.3) is 11.8 Å². The molecule has 9 heteroatoms. The number of nitrogens with one attached hydrogen (secondary N) is 3. The van der Waals surface area contributed by atoms with Gasteiger partial charge < -0.3 is 24.9 Å². The first-order valence-corrected chi connectivity index (χ1v) is 10.7. The van der Waals surface area contributed by atoms with Crippen molar-refractivity contribution in [2.75, 3.05) is 19.8 Å². The third-order valence-corrected chi connectivity index (χ3v) is 5.96. The number of benzene rings is 1. The molecule has 2 atom stereocenters. The van der Waals surface area contributed by atoms with Crippen LogP contribution in [0.3, 0.4) is 0 Å². The summed E-state index contributed by atoms with van der Waals surface area (Å²) in [7, 11) is 0. The lowest BCUT2D eigenvalue weighted by atomic mass is 10.0. The number of carbonyl (C=O) groups is 1. The third-order valence-electron chi connectivity index (χ3n) is 5.96. The molecular weight excluding hydrogens is 396 g/mol. The highest BCUT2D eigenvalue weighted by atomic mass is 16.5. The van der Waals surface area contributed by atoms with Gasteiger partial charge in [0.1, 0.15) is 5.69 Å². The van der Waals surface area contributed by atoms with Crippen LogP contribution in [0.1, 0.15) is 37.2 Å². The quantitative estimate of drug-likeness (QED) is 0.582. The van der Waals surface area contributed by atoms with E-state index in [4.69, 9.17) is 14.3 Å². The fourth-order valence-corrected chi connectivity index (χ4v) is 4.20. The van der Waals surface area contributed by atoms with Crippen LogP contribution in [0.15, 0.2) is 33.8 Å². The van der Waals surface area contributed by atoms with E-state index in [2.05, 4.69) is 31.8 Å². The largest absolute Gasteiger partial charge is 0.381 e. The van der Waals surface area contributed by atoms with Crippen molar-refractivity contribution < 1.29 is 14.1 Å². The molecule has 2 aliphatic rings. The maximum Gasteiger partial charge on any atom is 0.286 e. The van der Waals surface area contributed by atoms with Gasteiger partial charge in [-0.05, 0) is 56.4 Å². The second-order valence-corrected chi connectivity index (χ2v) is 8.30. The van der Waals surface area contributed by atoms with Crippen molar-refractivity contribution in [3.05, 3.63) is 35.7 Å². The molecule has 3 aromatic rings. The van der Waals surface area contributed by atoms with Crippen LogP contribution >= 0.6 is 0 Å². The zero-order valence-corrected chi connectivity index (χ0v) is 17.6. The number of aryl methyl sites for hydroxylation is 1. The molecule has 4 heterocycles. The number of H-pyrrole nitrogens is 1. The molecule has 2 aliphatic heterocycles. The second kappa shape index (κ2) is 8.14. The molecule has 3 N–H and O–H groups in total. The summed E-state index contributed by atoms with van der Waals surface area (Å²) in [6, 6.07) is 8.04. The van der Waals surface area contributed by atoms with E-state index in [0.29, 0.717) is 30.0 Å². The molecule has 1 aromatic carbocycles. The lowest BCUT2D eigenvalue weighted by molar-refractivity contribution is -0.115. The average molecular weight is 422 g/mol. The summed E-state index contributed by atoms with van der Waals surface area (Å²) in [5, 5.41) is 11.1. The fraction of sp³-hybridized carbons (Fsp3) is 0.455. The third kappa shape index (κ3) is 4.05. The number of nitrogens with zero attached hydrogens (tertiary/aromatic N) is 3. The Morgan fingerprint density at radius 3 is 2.87 bits per heavy atom. The molecule has 0 bridgehead atoms. The maximum absolute atomic E-state index is 12.6. The minimum absolute atomic E-state index is 0.0262. The Kier molecular flexibility index (Phi) is 5.19. The zero-order valence-electron chi connectivity index (χ0n) is 17.6. The predicted molar refractivity (Wildman–Crippen MR) is 116 cm³/mol. The highest BCUT2D eigenvalue weighted by Crippen LogP contribution is 2.30. The first-order valence-electron chi connectivity index (χ1n) is 10.7. The Balaban J connectivity index is 1.31. The molecule has 5 rings (SSSR count). The number of rotatable bonds is 5. The monoisotopic (exact) mass is 422 g/mol. The Morgan fingerprint density at radius 1 is 1.26 bits per heavy atom. The van der Waals surface area contributed by atoms with E-state index in [1.165, 1.54) is 0 Å². The van der Waals surface area contributed by atoms with Crippen LogP contribution in [-0.2, 0) is 9.53 Å². The van der Waals surface area contributed by atoms with E-state index in [-0.39, 0.29) is 18.0 Å². The van der Waals surface area contributed by atoms with Gasteiger partial charge in [-0.1, -0.05) is 11.2 Å². The van der Waals surface area contributed by atoms with Crippen molar-refractivity contribution >= 4 is 22.6 Å². The van der Waals surface area contributed by atoms with E-state index in [1.54, 1.807) is 6.92 Å². The Labute approximate surface area is 179 Å². The minimum Gasteiger partial charge on any atom is -0.381 e. The smallest absolute Gasteiger partial charge is 0.286 e. The maximum atomic E-state index is 12.6. The second-order valence-electron chi connectivity index (χ2n) is 8.30. The summed E-state index contributed by atoms with van der Waals surface area (Å²) < 4.78 is 10.6. The van der Waals surface area contributed by atoms with Crippen LogP contribution in [0.5, 0.6) is 0 Å². The van der Waals surface area contributed by atoms with E-state index < -0.39 is 0 Å². The number of amidine groups is 1. The van der Waals surface area contributed by atoms with Crippen LogP contribution in [0, 0.1) is 12.8 Å². The van der Waals surface area contributed by atoms with Gasteiger partial charge in [0.2, 0.25) is 0 Å². The van der Waals surface area contributed by atoms with Gasteiger partial charge in [0.15, 0.2) is 11.7 Å². The molecular formula is C22H26N6O3. The van der Waals surface area contributed by atoms with Crippen molar-refractivity contribution in [3.63, 3.8) is 0 Å². The topological polar surface area (TPSA) is 117 Å². The van der Waals surface area contributed by atoms with Crippen molar-refractivity contribution in [3.8, 4) is 11.6 Å². The van der Waals surface area contributed by atoms with Gasteiger partial charge in [0, 0.05) is 30.7 Å². The Morgan fingerprint density at radius 2 is 2.10 bits per heavy atom. The summed E-state index contributed by atoms with van der Waals surface area (Å²) in [5.74, 6) is 1.80. The van der Waals surface area contributed by atoms with Crippen molar-refractivity contribution in [2.45, 2.75) is 38.8 Å². The number of hydrogen-bond acceptors (Lipinski definition) is 7. The van der Waals surface area contributed by atoms with Crippen LogP contribution in [0.4, 0.5) is 0 Å². The molecule has 162 valence electrons. The highest BCUT2D eigenvalue weighted by molar-refractivity contribution is 6.38. The molecule has 0 spiro atoms. The Bertz CT molecular complexity index is 1130. The molecule has 1 amide bonds. The molecule has 9 nitrogen and oxygen atoms in total. The molecule has 0 aliphatic carbocycles. The van der Waals surface area contributed by atoms with Gasteiger partial charge >= 0.3 is 0 Å². The zero-order chi connectivity index (χ0) is 21.4. The highest BCUT2D eigenvalue weighted by Gasteiger charge is 2.30. The van der Waals surface area contributed by atoms with Gasteiger partial charge in [-0.3, -0.25) is 9.79 Å². The molecule has 0 saturated carbocycles. The average Bonchev–Trinajstić information content (AvgIpc) is 3.50. The number of hydrogen-bond donors (Lipinski definition) is 3. The summed E-state index contributed by atoms with van der Waals surface area (Å²) in [6.07, 6.45) is 1.97. The van der Waals surface area contributed by atoms with E-state index in [9.17, 15) is 4.79 Å². The molecule has 0 radical (unpaired) electrons. The number of aliphatic imine (C=N–C) groups is 1. The molecule has 31 heavy (non-hydrogen) atoms. The van der Waals surface area contributed by atoms with Gasteiger partial charge in [-0.2, -0.15) is 4.98 Å². The van der Waals surface area contributed by atoms with Crippen LogP contribution in [-0.4, -0.2) is 52.7 Å². The summed E-state index contributed by atoms with van der Waals surface area (Å²) in [6.45, 7) is 6.04. The van der Waals surface area contributed by atoms with E-state index in [1.807, 2.05) is 25.1 Å². The van der Waals surface area contributed by atoms with Crippen molar-refractivity contribution in [2.24, 2.45) is 10.9 Å². The van der Waals surface area contributed by atoms with Gasteiger partial charge in [-0.15, -0.1) is 0 Å². The number of amides is 1. The van der Waals surface area contributed by atoms with Crippen molar-refractivity contribution in [1.82, 2.24) is 25.8 Å². The molecule has 1 saturated heterocycles. The van der Waals surface area contributed by atoms with Crippen LogP contribution in [0.2, 0.25) is 0 Å². The molecule has 1 fully saturated rings. The predicted octanol–water partition coefficient (Wildman–Crippen LogP) is 2.50. The summed E-state index contributed by atoms with van der Waals surface area (Å²) >= 11 is 0. The lowest BCUT2D eigenvalue weighted by Crippen LogP contribution is -2.42. The van der Waals surface area contributed by atoms with Crippen LogP contribution in [0.25, 0.3) is 22.5 Å². The number of aromatic amines is 1. The van der Waals surface area contributed by atoms with E-state index in [0.717, 1.165) is 48.2 Å². The number of ether oxygens (including phenoxy) is 1. The number of fused-ring (bicyclic) bond motifs is 1. The molecule has 2 unspecified atom stereocenters. The first-order chi connectivity index (χ1) is 15.1. The summed E-state index contributed by atoms with van der Waals surface area (Å²) in [5.41, 5.74) is 2.81. The SMILES string of the molecule is Cc1noc(-c2cc3cc(C4N=C(C(=O)NCC5CCOCC5)NC4C)ccc3[nH]2)n1. The van der Waals surface area contributed by atoms with E-state index >= 15 is 0 Å². The first kappa shape index (κ1) is 19.7. The number of aromatic nitrogens is 3. The van der Waals surface area contributed by atoms with Gasteiger partial charge in [-0.25, -0.2) is 0 Å². The molecule has 2 aromatic heterocycles.